The summed E-state index contributed by atoms with van der Waals surface area (Å²) in [7, 11) is 0. The monoisotopic (exact) mass is 266 g/mol. The van der Waals surface area contributed by atoms with Crippen LogP contribution in [0.3, 0.4) is 0 Å². The Bertz CT molecular complexity index is 518. The molecule has 0 aliphatic carbocycles. The zero-order valence-electron chi connectivity index (χ0n) is 10.3. The lowest BCUT2D eigenvalue weighted by Crippen LogP contribution is -2.42. The number of primary amides is 1. The third-order valence-electron chi connectivity index (χ3n) is 2.18. The molecule has 1 rings (SSSR count). The molecule has 0 aliphatic heterocycles. The Hall–Kier alpha value is -2.57. The van der Waals surface area contributed by atoms with Crippen LogP contribution in [-0.2, 0) is 14.4 Å². The van der Waals surface area contributed by atoms with Crippen molar-refractivity contribution in [2.24, 2.45) is 5.73 Å². The first-order valence-corrected chi connectivity index (χ1v) is 5.44. The Morgan fingerprint density at radius 2 is 2.16 bits per heavy atom. The number of nitrogens with one attached hydrogen (secondary N) is 1. The van der Waals surface area contributed by atoms with Crippen molar-refractivity contribution in [2.75, 3.05) is 0 Å². The van der Waals surface area contributed by atoms with E-state index in [1.807, 2.05) is 0 Å². The third kappa shape index (κ3) is 5.07. The van der Waals surface area contributed by atoms with E-state index in [1.54, 1.807) is 19.1 Å². The molecular formula is C12H14N2O5. The molecule has 0 fully saturated rings. The quantitative estimate of drug-likeness (QED) is 0.627. The molecule has 0 unspecified atom stereocenters. The molecule has 0 spiro atoms. The van der Waals surface area contributed by atoms with Gasteiger partial charge in [-0.25, -0.2) is 4.79 Å². The molecule has 0 aliphatic rings. The summed E-state index contributed by atoms with van der Waals surface area (Å²) < 4.78 is 5.19. The van der Waals surface area contributed by atoms with Crippen LogP contribution in [0.4, 0.5) is 0 Å². The van der Waals surface area contributed by atoms with Gasteiger partial charge in [0.1, 0.15) is 17.6 Å². The van der Waals surface area contributed by atoms with Gasteiger partial charge in [-0.05, 0) is 25.1 Å². The maximum Gasteiger partial charge on any atom is 0.326 e. The minimum absolute atomic E-state index is 0.464. The molecule has 0 bridgehead atoms. The highest BCUT2D eigenvalue weighted by molar-refractivity contribution is 5.95. The molecular weight excluding hydrogens is 252 g/mol. The predicted molar refractivity (Wildman–Crippen MR) is 65.9 cm³/mol. The summed E-state index contributed by atoms with van der Waals surface area (Å²) in [6, 6.07) is 2.05. The van der Waals surface area contributed by atoms with Gasteiger partial charge in [0.25, 0.3) is 0 Å². The number of rotatable bonds is 6. The summed E-state index contributed by atoms with van der Waals surface area (Å²) in [4.78, 5) is 32.9. The summed E-state index contributed by atoms with van der Waals surface area (Å²) in [6.07, 6.45) is 2.05. The van der Waals surface area contributed by atoms with Crippen LogP contribution in [0.1, 0.15) is 17.9 Å². The average molecular weight is 266 g/mol. The molecule has 0 aromatic carbocycles. The molecule has 0 radical (unpaired) electrons. The number of hydrogen-bond donors (Lipinski definition) is 3. The average Bonchev–Trinajstić information content (AvgIpc) is 2.71. The summed E-state index contributed by atoms with van der Waals surface area (Å²) in [5, 5.41) is 11.0. The number of carbonyl (C=O) groups excluding carboxylic acids is 2. The van der Waals surface area contributed by atoms with Gasteiger partial charge in [-0.3, -0.25) is 9.59 Å². The van der Waals surface area contributed by atoms with Crippen LogP contribution < -0.4 is 11.1 Å². The van der Waals surface area contributed by atoms with Crippen LogP contribution >= 0.6 is 0 Å². The Morgan fingerprint density at radius 3 is 2.63 bits per heavy atom. The first-order valence-electron chi connectivity index (χ1n) is 5.44. The lowest BCUT2D eigenvalue weighted by molar-refractivity contribution is -0.142. The Morgan fingerprint density at radius 1 is 1.47 bits per heavy atom. The highest BCUT2D eigenvalue weighted by Crippen LogP contribution is 2.07. The number of furan rings is 1. The predicted octanol–water partition coefficient (Wildman–Crippen LogP) is 0.0460. The minimum Gasteiger partial charge on any atom is -0.480 e. The van der Waals surface area contributed by atoms with Crippen molar-refractivity contribution in [2.45, 2.75) is 19.4 Å². The van der Waals surface area contributed by atoms with Crippen molar-refractivity contribution < 1.29 is 23.9 Å². The first-order chi connectivity index (χ1) is 8.88. The van der Waals surface area contributed by atoms with E-state index in [1.165, 1.54) is 6.08 Å². The van der Waals surface area contributed by atoms with E-state index in [0.29, 0.717) is 11.5 Å². The normalized spacial score (nSPS) is 12.3. The number of carboxylic acid groups (broad SMARTS) is 1. The second kappa shape index (κ2) is 6.39. The number of aryl methyl sites for hydroxylation is 1. The topological polar surface area (TPSA) is 123 Å². The summed E-state index contributed by atoms with van der Waals surface area (Å²) in [6.45, 7) is 1.75. The zero-order chi connectivity index (χ0) is 14.4. The smallest absolute Gasteiger partial charge is 0.326 e. The fourth-order valence-electron chi connectivity index (χ4n) is 1.32. The Labute approximate surface area is 109 Å². The van der Waals surface area contributed by atoms with Gasteiger partial charge in [0.2, 0.25) is 11.8 Å². The molecule has 0 saturated heterocycles. The van der Waals surface area contributed by atoms with Gasteiger partial charge < -0.3 is 20.6 Å². The SMILES string of the molecule is Cc1ccc(C=CC(=O)N[C@@H](CC(N)=O)C(=O)O)o1. The standard InChI is InChI=1S/C12H14N2O5/c1-7-2-3-8(19-7)4-5-11(16)14-9(12(17)18)6-10(13)15/h2-5,9H,6H2,1H3,(H2,13,15)(H,14,16)(H,17,18)/t9-/m0/s1. The third-order valence-corrected chi connectivity index (χ3v) is 2.18. The molecule has 1 heterocycles. The Balaban J connectivity index is 2.60. The van der Waals surface area contributed by atoms with Gasteiger partial charge in [-0.1, -0.05) is 0 Å². The van der Waals surface area contributed by atoms with E-state index in [-0.39, 0.29) is 0 Å². The van der Waals surface area contributed by atoms with Crippen LogP contribution in [0.25, 0.3) is 6.08 Å². The van der Waals surface area contributed by atoms with Crippen LogP contribution in [0, 0.1) is 6.92 Å². The van der Waals surface area contributed by atoms with Crippen molar-refractivity contribution in [1.82, 2.24) is 5.32 Å². The van der Waals surface area contributed by atoms with Gasteiger partial charge in [0.05, 0.1) is 6.42 Å². The highest BCUT2D eigenvalue weighted by Gasteiger charge is 2.20. The second-order valence-electron chi connectivity index (χ2n) is 3.85. The van der Waals surface area contributed by atoms with Crippen molar-refractivity contribution in [3.63, 3.8) is 0 Å². The lowest BCUT2D eigenvalue weighted by atomic mass is 10.2. The molecule has 1 atom stereocenters. The first kappa shape index (κ1) is 14.5. The van der Waals surface area contributed by atoms with Gasteiger partial charge in [0.15, 0.2) is 0 Å². The van der Waals surface area contributed by atoms with E-state index >= 15 is 0 Å². The van der Waals surface area contributed by atoms with Crippen LogP contribution in [0.5, 0.6) is 0 Å². The van der Waals surface area contributed by atoms with Gasteiger partial charge >= 0.3 is 5.97 Å². The van der Waals surface area contributed by atoms with Crippen molar-refractivity contribution in [3.05, 3.63) is 29.7 Å². The van der Waals surface area contributed by atoms with Crippen LogP contribution in [0.15, 0.2) is 22.6 Å². The fourth-order valence-corrected chi connectivity index (χ4v) is 1.32. The molecule has 102 valence electrons. The maximum atomic E-state index is 11.5. The van der Waals surface area contributed by atoms with E-state index < -0.39 is 30.2 Å². The number of carbonyl (C=O) groups is 3. The molecule has 1 aromatic heterocycles. The van der Waals surface area contributed by atoms with E-state index in [4.69, 9.17) is 15.3 Å². The summed E-state index contributed by atoms with van der Waals surface area (Å²) in [5.41, 5.74) is 4.89. The summed E-state index contributed by atoms with van der Waals surface area (Å²) >= 11 is 0. The maximum absolute atomic E-state index is 11.5. The zero-order valence-corrected chi connectivity index (χ0v) is 10.3. The molecule has 2 amide bonds. The van der Waals surface area contributed by atoms with E-state index in [2.05, 4.69) is 5.32 Å². The Kier molecular flexibility index (Phi) is 4.87. The lowest BCUT2D eigenvalue weighted by Gasteiger charge is -2.10. The fraction of sp³-hybridized carbons (Fsp3) is 0.250. The van der Waals surface area contributed by atoms with Crippen LogP contribution in [-0.4, -0.2) is 28.9 Å². The van der Waals surface area contributed by atoms with Gasteiger partial charge in [-0.15, -0.1) is 0 Å². The van der Waals surface area contributed by atoms with Gasteiger partial charge in [0, 0.05) is 6.08 Å². The summed E-state index contributed by atoms with van der Waals surface area (Å²) in [5.74, 6) is -1.62. The highest BCUT2D eigenvalue weighted by atomic mass is 16.4. The number of amides is 2. The number of nitrogens with two attached hydrogens (primary N) is 1. The molecule has 4 N–H and O–H groups in total. The van der Waals surface area contributed by atoms with Crippen molar-refractivity contribution in [3.8, 4) is 0 Å². The molecule has 0 saturated carbocycles. The number of hydrogen-bond acceptors (Lipinski definition) is 4. The number of aliphatic carboxylic acids is 1. The van der Waals surface area contributed by atoms with Crippen molar-refractivity contribution in [1.29, 1.82) is 0 Å². The molecule has 19 heavy (non-hydrogen) atoms. The molecule has 1 aromatic rings. The molecule has 7 heteroatoms. The van der Waals surface area contributed by atoms with E-state index in [0.717, 1.165) is 6.08 Å². The largest absolute Gasteiger partial charge is 0.480 e. The second-order valence-corrected chi connectivity index (χ2v) is 3.85. The van der Waals surface area contributed by atoms with Gasteiger partial charge in [-0.2, -0.15) is 0 Å². The number of carboxylic acids is 1. The van der Waals surface area contributed by atoms with Crippen molar-refractivity contribution >= 4 is 23.9 Å². The van der Waals surface area contributed by atoms with Crippen LogP contribution in [0.2, 0.25) is 0 Å². The molecule has 7 nitrogen and oxygen atoms in total. The van der Waals surface area contributed by atoms with E-state index in [9.17, 15) is 14.4 Å². The minimum atomic E-state index is -1.34.